The van der Waals surface area contributed by atoms with Crippen molar-refractivity contribution in [3.8, 4) is 22.3 Å². The van der Waals surface area contributed by atoms with E-state index in [2.05, 4.69) is 121 Å². The molecule has 0 aliphatic carbocycles. The van der Waals surface area contributed by atoms with E-state index in [0.717, 1.165) is 0 Å². The predicted molar refractivity (Wildman–Crippen MR) is 161 cm³/mol. The fourth-order valence-corrected chi connectivity index (χ4v) is 7.85. The normalized spacial score (nSPS) is 11.9. The topological polar surface area (TPSA) is 0 Å². The molecular formula is C34H20S2. The molecule has 2 aromatic heterocycles. The van der Waals surface area contributed by atoms with Crippen LogP contribution in [0.25, 0.3) is 74.1 Å². The predicted octanol–water partition coefficient (Wildman–Crippen LogP) is 10.9. The first-order valence-electron chi connectivity index (χ1n) is 12.2. The Hall–Kier alpha value is -3.98. The van der Waals surface area contributed by atoms with Gasteiger partial charge < -0.3 is 0 Å². The van der Waals surface area contributed by atoms with Gasteiger partial charge in [-0.25, -0.2) is 0 Å². The first kappa shape index (κ1) is 20.2. The van der Waals surface area contributed by atoms with Crippen LogP contribution in [0.15, 0.2) is 121 Å². The molecule has 6 aromatic carbocycles. The van der Waals surface area contributed by atoms with Crippen molar-refractivity contribution < 1.29 is 0 Å². The van der Waals surface area contributed by atoms with E-state index in [4.69, 9.17) is 0 Å². The first-order valence-corrected chi connectivity index (χ1v) is 13.9. The molecule has 0 fully saturated rings. The van der Waals surface area contributed by atoms with Crippen LogP contribution in [0.2, 0.25) is 0 Å². The monoisotopic (exact) mass is 492 g/mol. The first-order chi connectivity index (χ1) is 17.9. The number of thiophene rings is 2. The minimum Gasteiger partial charge on any atom is -0.144 e. The van der Waals surface area contributed by atoms with Gasteiger partial charge in [-0.15, -0.1) is 22.7 Å². The largest absolute Gasteiger partial charge is 0.144 e. The lowest BCUT2D eigenvalue weighted by Crippen LogP contribution is -1.90. The zero-order valence-corrected chi connectivity index (χ0v) is 21.0. The summed E-state index contributed by atoms with van der Waals surface area (Å²) in [5, 5.41) is 11.5. The van der Waals surface area contributed by atoms with Gasteiger partial charge in [-0.05, 0) is 67.2 Å². The highest BCUT2D eigenvalue weighted by atomic mass is 32.1. The molecule has 0 N–H and O–H groups in total. The van der Waals surface area contributed by atoms with Crippen LogP contribution in [-0.2, 0) is 0 Å². The van der Waals surface area contributed by atoms with Gasteiger partial charge in [0.2, 0.25) is 0 Å². The van der Waals surface area contributed by atoms with Gasteiger partial charge in [0.1, 0.15) is 0 Å². The molecule has 0 aliphatic rings. The minimum atomic E-state index is 1.26. The van der Waals surface area contributed by atoms with E-state index < -0.39 is 0 Å². The van der Waals surface area contributed by atoms with Gasteiger partial charge in [0.15, 0.2) is 0 Å². The van der Waals surface area contributed by atoms with Gasteiger partial charge in [-0.1, -0.05) is 97.1 Å². The van der Waals surface area contributed by atoms with Crippen LogP contribution in [0.3, 0.4) is 0 Å². The van der Waals surface area contributed by atoms with Crippen LogP contribution >= 0.6 is 22.7 Å². The molecule has 8 rings (SSSR count). The molecule has 168 valence electrons. The van der Waals surface area contributed by atoms with Crippen molar-refractivity contribution in [2.45, 2.75) is 0 Å². The maximum absolute atomic E-state index is 2.38. The Morgan fingerprint density at radius 2 is 1.08 bits per heavy atom. The SMILES string of the molecule is c1ccc(-c2c3ccccc3c(-c3cccc4c3sc3cc5ccsc5cc34)c3ccccc23)cc1. The smallest absolute Gasteiger partial charge is 0.0434 e. The lowest BCUT2D eigenvalue weighted by Gasteiger charge is -2.18. The van der Waals surface area contributed by atoms with E-state index in [0.29, 0.717) is 0 Å². The fourth-order valence-electron chi connectivity index (χ4n) is 5.78. The molecule has 0 radical (unpaired) electrons. The third-order valence-electron chi connectivity index (χ3n) is 7.34. The average Bonchev–Trinajstić information content (AvgIpc) is 3.54. The highest BCUT2D eigenvalue weighted by Crippen LogP contribution is 2.48. The van der Waals surface area contributed by atoms with Crippen molar-refractivity contribution in [3.05, 3.63) is 121 Å². The Labute approximate surface area is 216 Å². The van der Waals surface area contributed by atoms with Crippen LogP contribution in [-0.4, -0.2) is 0 Å². The summed E-state index contributed by atoms with van der Waals surface area (Å²) in [5.41, 5.74) is 5.23. The molecular weight excluding hydrogens is 473 g/mol. The van der Waals surface area contributed by atoms with Crippen LogP contribution in [0.1, 0.15) is 0 Å². The summed E-state index contributed by atoms with van der Waals surface area (Å²) in [5.74, 6) is 0. The molecule has 0 spiro atoms. The molecule has 2 heterocycles. The summed E-state index contributed by atoms with van der Waals surface area (Å²) >= 11 is 3.75. The van der Waals surface area contributed by atoms with Crippen molar-refractivity contribution >= 4 is 74.5 Å². The molecule has 0 saturated carbocycles. The van der Waals surface area contributed by atoms with Gasteiger partial charge >= 0.3 is 0 Å². The summed E-state index contributed by atoms with van der Waals surface area (Å²) < 4.78 is 4.08. The van der Waals surface area contributed by atoms with Crippen LogP contribution < -0.4 is 0 Å². The maximum atomic E-state index is 2.38. The Bertz CT molecular complexity index is 2030. The maximum Gasteiger partial charge on any atom is 0.0434 e. The molecule has 2 heteroatoms. The van der Waals surface area contributed by atoms with Crippen LogP contribution in [0, 0.1) is 0 Å². The number of hydrogen-bond acceptors (Lipinski definition) is 2. The molecule has 0 atom stereocenters. The van der Waals surface area contributed by atoms with Crippen LogP contribution in [0.4, 0.5) is 0 Å². The Morgan fingerprint density at radius 1 is 0.444 bits per heavy atom. The highest BCUT2D eigenvalue weighted by molar-refractivity contribution is 7.26. The quantitative estimate of drug-likeness (QED) is 0.211. The molecule has 0 saturated heterocycles. The molecule has 0 aliphatic heterocycles. The van der Waals surface area contributed by atoms with E-state index in [9.17, 15) is 0 Å². The molecule has 0 nitrogen and oxygen atoms in total. The molecule has 0 bridgehead atoms. The third-order valence-corrected chi connectivity index (χ3v) is 9.42. The summed E-state index contributed by atoms with van der Waals surface area (Å²) in [7, 11) is 0. The summed E-state index contributed by atoms with van der Waals surface area (Å²) in [6, 6.07) is 42.5. The van der Waals surface area contributed by atoms with Crippen molar-refractivity contribution in [2.24, 2.45) is 0 Å². The second-order valence-corrected chi connectivity index (χ2v) is 11.3. The van der Waals surface area contributed by atoms with Crippen LogP contribution in [0.5, 0.6) is 0 Å². The van der Waals surface area contributed by atoms with Gasteiger partial charge in [0.25, 0.3) is 0 Å². The van der Waals surface area contributed by atoms with Crippen molar-refractivity contribution in [2.75, 3.05) is 0 Å². The van der Waals surface area contributed by atoms with Gasteiger partial charge in [0.05, 0.1) is 0 Å². The molecule has 36 heavy (non-hydrogen) atoms. The van der Waals surface area contributed by atoms with E-state index >= 15 is 0 Å². The van der Waals surface area contributed by atoms with E-state index in [-0.39, 0.29) is 0 Å². The van der Waals surface area contributed by atoms with Gasteiger partial charge in [0, 0.05) is 30.4 Å². The summed E-state index contributed by atoms with van der Waals surface area (Å²) in [6.07, 6.45) is 0. The number of benzene rings is 6. The molecule has 0 amide bonds. The second kappa shape index (κ2) is 7.76. The van der Waals surface area contributed by atoms with Gasteiger partial charge in [-0.3, -0.25) is 0 Å². The van der Waals surface area contributed by atoms with E-state index in [1.54, 1.807) is 0 Å². The fraction of sp³-hybridized carbons (Fsp3) is 0. The average molecular weight is 493 g/mol. The summed E-state index contributed by atoms with van der Waals surface area (Å²) in [6.45, 7) is 0. The summed E-state index contributed by atoms with van der Waals surface area (Å²) in [4.78, 5) is 0. The van der Waals surface area contributed by atoms with Crippen molar-refractivity contribution in [1.82, 2.24) is 0 Å². The second-order valence-electron chi connectivity index (χ2n) is 9.30. The standard InChI is InChI=1S/C34H20S2/c1-2-9-21(10-3-1)32-23-11-4-6-13-25(23)33(26-14-7-5-12-24(26)32)28-16-8-15-27-29-20-30-22(17-18-35-30)19-31(29)36-34(27)28/h1-20H. The number of hydrogen-bond donors (Lipinski definition) is 0. The minimum absolute atomic E-state index is 1.26. The Morgan fingerprint density at radius 3 is 1.81 bits per heavy atom. The van der Waals surface area contributed by atoms with Gasteiger partial charge in [-0.2, -0.15) is 0 Å². The van der Waals surface area contributed by atoms with E-state index in [1.807, 2.05) is 22.7 Å². The number of fused-ring (bicyclic) bond motifs is 6. The zero-order valence-electron chi connectivity index (χ0n) is 19.4. The van der Waals surface area contributed by atoms with E-state index in [1.165, 1.54) is 74.1 Å². The Kier molecular flexibility index (Phi) is 4.36. The molecule has 0 unspecified atom stereocenters. The third kappa shape index (κ3) is 2.86. The Balaban J connectivity index is 1.54. The lowest BCUT2D eigenvalue weighted by molar-refractivity contribution is 1.67. The molecule has 8 aromatic rings. The highest BCUT2D eigenvalue weighted by Gasteiger charge is 2.19. The number of rotatable bonds is 2. The zero-order chi connectivity index (χ0) is 23.6. The van der Waals surface area contributed by atoms with Crippen molar-refractivity contribution in [1.29, 1.82) is 0 Å². The van der Waals surface area contributed by atoms with Crippen molar-refractivity contribution in [3.63, 3.8) is 0 Å². The lowest BCUT2D eigenvalue weighted by atomic mass is 9.86.